The Morgan fingerprint density at radius 1 is 0.968 bits per heavy atom. The number of carbonyl (C=O) groups excluding carboxylic acids is 1. The van der Waals surface area contributed by atoms with Gasteiger partial charge in [-0.15, -0.1) is 0 Å². The molecule has 160 valence electrons. The number of hydrogen-bond donors (Lipinski definition) is 1. The van der Waals surface area contributed by atoms with Gasteiger partial charge in [-0.25, -0.2) is 8.42 Å². The van der Waals surface area contributed by atoms with Crippen molar-refractivity contribution in [1.82, 2.24) is 0 Å². The molecule has 0 fully saturated rings. The zero-order chi connectivity index (χ0) is 22.4. The van der Waals surface area contributed by atoms with Crippen molar-refractivity contribution in [2.24, 2.45) is 0 Å². The first-order valence-electron chi connectivity index (χ1n) is 9.27. The number of alkyl halides is 3. The number of benzene rings is 3. The van der Waals surface area contributed by atoms with E-state index < -0.39 is 34.2 Å². The van der Waals surface area contributed by atoms with Gasteiger partial charge in [0.25, 0.3) is 10.0 Å². The van der Waals surface area contributed by atoms with E-state index in [1.54, 1.807) is 30.3 Å². The predicted octanol–water partition coefficient (Wildman–Crippen LogP) is 4.83. The Hall–Kier alpha value is -3.33. The highest BCUT2D eigenvalue weighted by molar-refractivity contribution is 7.93. The van der Waals surface area contributed by atoms with E-state index in [-0.39, 0.29) is 10.6 Å². The second kappa shape index (κ2) is 7.42. The third-order valence-corrected chi connectivity index (χ3v) is 6.77. The molecule has 1 N–H and O–H groups in total. The summed E-state index contributed by atoms with van der Waals surface area (Å²) in [5, 5.41) is 2.46. The van der Waals surface area contributed by atoms with E-state index in [4.69, 9.17) is 0 Å². The maximum Gasteiger partial charge on any atom is 0.416 e. The minimum atomic E-state index is -4.49. The van der Waals surface area contributed by atoms with E-state index in [1.165, 1.54) is 6.07 Å². The number of amides is 1. The zero-order valence-electron chi connectivity index (χ0n) is 16.3. The van der Waals surface area contributed by atoms with Gasteiger partial charge in [0, 0.05) is 16.8 Å². The molecule has 3 aromatic carbocycles. The molecule has 31 heavy (non-hydrogen) atoms. The minimum absolute atomic E-state index is 0.0930. The first-order valence-corrected chi connectivity index (χ1v) is 10.7. The van der Waals surface area contributed by atoms with Gasteiger partial charge in [-0.2, -0.15) is 13.2 Å². The number of nitrogens with one attached hydrogen (secondary N) is 1. The Bertz CT molecular complexity index is 1270. The van der Waals surface area contributed by atoms with Crippen molar-refractivity contribution in [1.29, 1.82) is 0 Å². The monoisotopic (exact) mass is 446 g/mol. The lowest BCUT2D eigenvalue weighted by molar-refractivity contribution is -0.137. The number of anilines is 2. The first kappa shape index (κ1) is 20.9. The highest BCUT2D eigenvalue weighted by Crippen LogP contribution is 2.43. The van der Waals surface area contributed by atoms with Crippen LogP contribution in [0.25, 0.3) is 11.1 Å². The topological polar surface area (TPSA) is 66.5 Å². The van der Waals surface area contributed by atoms with Gasteiger partial charge in [0.05, 0.1) is 16.1 Å². The number of aryl methyl sites for hydroxylation is 1. The molecular formula is C22H17F3N2O3S. The number of hydrogen-bond acceptors (Lipinski definition) is 3. The lowest BCUT2D eigenvalue weighted by Gasteiger charge is -2.31. The fraction of sp³-hybridized carbons (Fsp3) is 0.136. The van der Waals surface area contributed by atoms with Crippen LogP contribution in [0.15, 0.2) is 71.6 Å². The van der Waals surface area contributed by atoms with Gasteiger partial charge >= 0.3 is 6.18 Å². The highest BCUT2D eigenvalue weighted by atomic mass is 32.2. The smallest absolute Gasteiger partial charge is 0.325 e. The maximum absolute atomic E-state index is 13.2. The zero-order valence-corrected chi connectivity index (χ0v) is 17.1. The number of rotatable bonds is 3. The standard InChI is InChI=1S/C22H17F3N2O3S/c1-14-6-11-19-18(12-14)17-4-2-3-5-20(17)31(29,30)27(19)13-21(28)26-16-9-7-15(8-10-16)22(23,24)25/h2-12H,13H2,1H3,(H,26,28). The van der Waals surface area contributed by atoms with Gasteiger partial charge in [0.2, 0.25) is 5.91 Å². The largest absolute Gasteiger partial charge is 0.416 e. The number of halogens is 3. The van der Waals surface area contributed by atoms with E-state index in [0.717, 1.165) is 34.1 Å². The van der Waals surface area contributed by atoms with Crippen molar-refractivity contribution in [3.05, 3.63) is 77.9 Å². The maximum atomic E-state index is 13.2. The molecule has 0 aliphatic carbocycles. The van der Waals surface area contributed by atoms with Gasteiger partial charge in [-0.1, -0.05) is 29.8 Å². The number of carbonyl (C=O) groups is 1. The lowest BCUT2D eigenvalue weighted by atomic mass is 10.0. The van der Waals surface area contributed by atoms with Crippen molar-refractivity contribution in [2.45, 2.75) is 18.0 Å². The summed E-state index contributed by atoms with van der Waals surface area (Å²) in [5.41, 5.74) is 1.84. The Morgan fingerprint density at radius 3 is 2.32 bits per heavy atom. The van der Waals surface area contributed by atoms with Crippen LogP contribution < -0.4 is 9.62 Å². The fourth-order valence-corrected chi connectivity index (χ4v) is 5.14. The average molecular weight is 446 g/mol. The molecule has 0 saturated carbocycles. The molecule has 9 heteroatoms. The van der Waals surface area contributed by atoms with Crippen molar-refractivity contribution in [2.75, 3.05) is 16.2 Å². The van der Waals surface area contributed by atoms with Crippen LogP contribution in [0.3, 0.4) is 0 Å². The third kappa shape index (κ3) is 3.88. The Morgan fingerprint density at radius 2 is 1.65 bits per heavy atom. The van der Waals surface area contributed by atoms with Crippen LogP contribution in [-0.4, -0.2) is 20.9 Å². The van der Waals surface area contributed by atoms with Crippen LogP contribution >= 0.6 is 0 Å². The van der Waals surface area contributed by atoms with Crippen LogP contribution in [0.1, 0.15) is 11.1 Å². The normalized spacial score (nSPS) is 14.5. The summed E-state index contributed by atoms with van der Waals surface area (Å²) >= 11 is 0. The summed E-state index contributed by atoms with van der Waals surface area (Å²) in [4.78, 5) is 12.7. The second-order valence-corrected chi connectivity index (χ2v) is 8.98. The molecule has 0 aromatic heterocycles. The fourth-order valence-electron chi connectivity index (χ4n) is 3.49. The molecule has 1 aliphatic heterocycles. The molecular weight excluding hydrogens is 429 g/mol. The van der Waals surface area contributed by atoms with Crippen LogP contribution in [0.2, 0.25) is 0 Å². The van der Waals surface area contributed by atoms with Crippen molar-refractivity contribution >= 4 is 27.3 Å². The summed E-state index contributed by atoms with van der Waals surface area (Å²) in [7, 11) is -4.00. The molecule has 5 nitrogen and oxygen atoms in total. The van der Waals surface area contributed by atoms with Crippen molar-refractivity contribution in [3.63, 3.8) is 0 Å². The summed E-state index contributed by atoms with van der Waals surface area (Å²) in [6.45, 7) is 1.36. The molecule has 4 rings (SSSR count). The first-order chi connectivity index (χ1) is 14.6. The number of sulfonamides is 1. The van der Waals surface area contributed by atoms with E-state index >= 15 is 0 Å². The van der Waals surface area contributed by atoms with Crippen molar-refractivity contribution in [3.8, 4) is 11.1 Å². The Kier molecular flexibility index (Phi) is 5.01. The van der Waals surface area contributed by atoms with Crippen LogP contribution in [0, 0.1) is 6.92 Å². The van der Waals surface area contributed by atoms with Gasteiger partial charge < -0.3 is 5.32 Å². The van der Waals surface area contributed by atoms with E-state index in [1.807, 2.05) is 13.0 Å². The van der Waals surface area contributed by atoms with Gasteiger partial charge in [0.15, 0.2) is 0 Å². The van der Waals surface area contributed by atoms with E-state index in [0.29, 0.717) is 16.8 Å². The minimum Gasteiger partial charge on any atom is -0.325 e. The second-order valence-electron chi connectivity index (χ2n) is 7.15. The summed E-state index contributed by atoms with van der Waals surface area (Å²) in [6.07, 6.45) is -4.49. The molecule has 1 amide bonds. The summed E-state index contributed by atoms with van der Waals surface area (Å²) < 4.78 is 65.6. The third-order valence-electron chi connectivity index (χ3n) is 4.95. The van der Waals surface area contributed by atoms with Crippen molar-refractivity contribution < 1.29 is 26.4 Å². The van der Waals surface area contributed by atoms with Crippen LogP contribution in [0.5, 0.6) is 0 Å². The molecule has 1 heterocycles. The molecule has 0 radical (unpaired) electrons. The predicted molar refractivity (Wildman–Crippen MR) is 111 cm³/mol. The molecule has 0 bridgehead atoms. The molecule has 0 saturated heterocycles. The average Bonchev–Trinajstić information content (AvgIpc) is 2.71. The Balaban J connectivity index is 1.64. The molecule has 0 spiro atoms. The van der Waals surface area contributed by atoms with Crippen LogP contribution in [-0.2, 0) is 21.0 Å². The summed E-state index contributed by atoms with van der Waals surface area (Å²) in [5.74, 6) is -0.672. The SMILES string of the molecule is Cc1ccc2c(c1)-c1ccccc1S(=O)(=O)N2CC(=O)Nc1ccc(C(F)(F)F)cc1. The molecule has 0 atom stereocenters. The van der Waals surface area contributed by atoms with Gasteiger partial charge in [-0.05, 0) is 49.4 Å². The summed E-state index contributed by atoms with van der Waals surface area (Å²) in [6, 6.07) is 15.7. The lowest BCUT2D eigenvalue weighted by Crippen LogP contribution is -2.40. The molecule has 0 unspecified atom stereocenters. The van der Waals surface area contributed by atoms with E-state index in [2.05, 4.69) is 5.32 Å². The van der Waals surface area contributed by atoms with Gasteiger partial charge in [-0.3, -0.25) is 9.10 Å². The number of fused-ring (bicyclic) bond motifs is 3. The highest BCUT2D eigenvalue weighted by Gasteiger charge is 2.36. The Labute approximate surface area is 177 Å². The van der Waals surface area contributed by atoms with E-state index in [9.17, 15) is 26.4 Å². The number of nitrogens with zero attached hydrogens (tertiary/aromatic N) is 1. The quantitative estimate of drug-likeness (QED) is 0.627. The molecule has 1 aliphatic rings. The van der Waals surface area contributed by atoms with Gasteiger partial charge in [0.1, 0.15) is 6.54 Å². The molecule has 3 aromatic rings. The van der Waals surface area contributed by atoms with Crippen LogP contribution in [0.4, 0.5) is 24.5 Å².